The average molecular weight is 318 g/mol. The maximum absolute atomic E-state index is 12.7. The number of amides is 2. The van der Waals surface area contributed by atoms with Gasteiger partial charge in [0.05, 0.1) is 4.87 Å². The third-order valence-corrected chi connectivity index (χ3v) is 6.24. The summed E-state index contributed by atoms with van der Waals surface area (Å²) in [4.78, 5) is 26.5. The minimum atomic E-state index is -0.352. The van der Waals surface area contributed by atoms with E-state index in [-0.39, 0.29) is 22.7 Å². The molecule has 0 radical (unpaired) electrons. The summed E-state index contributed by atoms with van der Waals surface area (Å²) in [6, 6.07) is 5.70. The lowest BCUT2D eigenvalue weighted by atomic mass is 10.1. The van der Waals surface area contributed by atoms with Gasteiger partial charge in [-0.1, -0.05) is 25.1 Å². The molecule has 0 spiro atoms. The number of thioether (sulfide) groups is 1. The summed E-state index contributed by atoms with van der Waals surface area (Å²) in [5.74, 6) is 0.727. The van der Waals surface area contributed by atoms with Crippen LogP contribution in [-0.4, -0.2) is 33.4 Å². The number of rotatable bonds is 3. The summed E-state index contributed by atoms with van der Waals surface area (Å²) in [7, 11) is 0. The van der Waals surface area contributed by atoms with E-state index in [4.69, 9.17) is 0 Å². The van der Waals surface area contributed by atoms with E-state index in [0.717, 1.165) is 29.7 Å². The number of hydrogen-bond acceptors (Lipinski definition) is 3. The number of carbonyl (C=O) groups excluding carboxylic acids is 2. The molecule has 4 nitrogen and oxygen atoms in total. The first kappa shape index (κ1) is 15.4. The Morgan fingerprint density at radius 3 is 3.00 bits per heavy atom. The lowest BCUT2D eigenvalue weighted by Gasteiger charge is -2.30. The maximum Gasteiger partial charge on any atom is 0.248 e. The van der Waals surface area contributed by atoms with Gasteiger partial charge >= 0.3 is 0 Å². The van der Waals surface area contributed by atoms with Crippen LogP contribution >= 0.6 is 11.8 Å². The number of nitrogens with zero attached hydrogens (tertiary/aromatic N) is 1. The molecule has 0 bridgehead atoms. The number of benzene rings is 1. The molecule has 0 aliphatic carbocycles. The second-order valence-corrected chi connectivity index (χ2v) is 7.72. The zero-order valence-electron chi connectivity index (χ0n) is 13.3. The second kappa shape index (κ2) is 5.61. The van der Waals surface area contributed by atoms with Gasteiger partial charge in [0.25, 0.3) is 0 Å². The summed E-state index contributed by atoms with van der Waals surface area (Å²) >= 11 is 1.72. The van der Waals surface area contributed by atoms with E-state index in [9.17, 15) is 9.59 Å². The fourth-order valence-corrected chi connectivity index (χ4v) is 4.86. The highest BCUT2D eigenvalue weighted by atomic mass is 32.2. The largest absolute Gasteiger partial charge is 0.324 e. The highest BCUT2D eigenvalue weighted by Gasteiger charge is 2.52. The third-order valence-electron chi connectivity index (χ3n) is 4.74. The maximum atomic E-state index is 12.7. The van der Waals surface area contributed by atoms with Crippen molar-refractivity contribution in [1.29, 1.82) is 0 Å². The standard InChI is InChI=1S/C17H22N2O2S/c1-4-12-7-5-6-11(2)15(12)18-16(21)13-10-22-17(3)9-8-14(20)19(13)17/h5-7,13H,4,8-10H2,1-3H3,(H,18,21)/t13-,17-/m0/s1. The van der Waals surface area contributed by atoms with Crippen molar-refractivity contribution in [3.63, 3.8) is 0 Å². The minimum absolute atomic E-state index is 0.0597. The van der Waals surface area contributed by atoms with Crippen LogP contribution in [0.2, 0.25) is 0 Å². The van der Waals surface area contributed by atoms with Gasteiger partial charge in [0.1, 0.15) is 6.04 Å². The van der Waals surface area contributed by atoms with Gasteiger partial charge in [-0.2, -0.15) is 0 Å². The first-order chi connectivity index (χ1) is 10.5. The van der Waals surface area contributed by atoms with E-state index in [2.05, 4.69) is 19.2 Å². The van der Waals surface area contributed by atoms with Crippen molar-refractivity contribution in [2.45, 2.75) is 50.9 Å². The lowest BCUT2D eigenvalue weighted by Crippen LogP contribution is -2.48. The molecule has 0 aromatic heterocycles. The van der Waals surface area contributed by atoms with Crippen molar-refractivity contribution >= 4 is 29.3 Å². The summed E-state index contributed by atoms with van der Waals surface area (Å²) in [6.45, 7) is 6.15. The molecule has 2 aliphatic heterocycles. The van der Waals surface area contributed by atoms with Crippen LogP contribution in [0.15, 0.2) is 18.2 Å². The molecule has 1 N–H and O–H groups in total. The summed E-state index contributed by atoms with van der Waals surface area (Å²) < 4.78 is 0. The zero-order valence-corrected chi connectivity index (χ0v) is 14.1. The van der Waals surface area contributed by atoms with Gasteiger partial charge in [0.15, 0.2) is 0 Å². The van der Waals surface area contributed by atoms with Crippen molar-refractivity contribution in [1.82, 2.24) is 4.90 Å². The Balaban J connectivity index is 1.83. The predicted molar refractivity (Wildman–Crippen MR) is 89.9 cm³/mol. The molecular formula is C17H22N2O2S. The van der Waals surface area contributed by atoms with Gasteiger partial charge in [0.2, 0.25) is 11.8 Å². The van der Waals surface area contributed by atoms with Crippen LogP contribution in [-0.2, 0) is 16.0 Å². The van der Waals surface area contributed by atoms with E-state index >= 15 is 0 Å². The van der Waals surface area contributed by atoms with Crippen LogP contribution in [0, 0.1) is 6.92 Å². The Kier molecular flexibility index (Phi) is 3.93. The van der Waals surface area contributed by atoms with Crippen LogP contribution in [0.4, 0.5) is 5.69 Å². The Labute approximate surface area is 135 Å². The van der Waals surface area contributed by atoms with E-state index in [1.54, 1.807) is 16.7 Å². The van der Waals surface area contributed by atoms with Gasteiger partial charge in [-0.3, -0.25) is 9.59 Å². The molecule has 118 valence electrons. The molecule has 3 rings (SSSR count). The van der Waals surface area contributed by atoms with Gasteiger partial charge in [-0.05, 0) is 37.8 Å². The smallest absolute Gasteiger partial charge is 0.248 e. The highest BCUT2D eigenvalue weighted by molar-refractivity contribution is 8.01. The monoisotopic (exact) mass is 318 g/mol. The molecule has 2 atom stereocenters. The molecule has 2 amide bonds. The average Bonchev–Trinajstić information content (AvgIpc) is 2.98. The molecule has 22 heavy (non-hydrogen) atoms. The van der Waals surface area contributed by atoms with Crippen molar-refractivity contribution < 1.29 is 9.59 Å². The van der Waals surface area contributed by atoms with Crippen LogP contribution in [0.25, 0.3) is 0 Å². The number of nitrogens with one attached hydrogen (secondary N) is 1. The van der Waals surface area contributed by atoms with Crippen LogP contribution in [0.1, 0.15) is 37.8 Å². The Morgan fingerprint density at radius 1 is 1.50 bits per heavy atom. The summed E-state index contributed by atoms with van der Waals surface area (Å²) in [5, 5.41) is 3.08. The Bertz CT molecular complexity index is 631. The van der Waals surface area contributed by atoms with Crippen molar-refractivity contribution in [2.75, 3.05) is 11.1 Å². The molecule has 0 unspecified atom stereocenters. The fraction of sp³-hybridized carbons (Fsp3) is 0.529. The van der Waals surface area contributed by atoms with Gasteiger partial charge in [0, 0.05) is 17.9 Å². The van der Waals surface area contributed by atoms with E-state index in [1.807, 2.05) is 25.1 Å². The molecule has 0 saturated carbocycles. The van der Waals surface area contributed by atoms with Crippen molar-refractivity contribution in [2.24, 2.45) is 0 Å². The van der Waals surface area contributed by atoms with Crippen LogP contribution < -0.4 is 5.32 Å². The quantitative estimate of drug-likeness (QED) is 0.932. The first-order valence-electron chi connectivity index (χ1n) is 7.82. The number of carbonyl (C=O) groups is 2. The molecular weight excluding hydrogens is 296 g/mol. The van der Waals surface area contributed by atoms with Crippen LogP contribution in [0.5, 0.6) is 0 Å². The van der Waals surface area contributed by atoms with E-state index < -0.39 is 0 Å². The number of anilines is 1. The number of fused-ring (bicyclic) bond motifs is 1. The topological polar surface area (TPSA) is 49.4 Å². The SMILES string of the molecule is CCc1cccc(C)c1NC(=O)[C@@H]1CS[C@@]2(C)CCC(=O)N12. The highest BCUT2D eigenvalue weighted by Crippen LogP contribution is 2.47. The molecule has 1 aromatic carbocycles. The van der Waals surface area contributed by atoms with Gasteiger partial charge in [-0.25, -0.2) is 0 Å². The van der Waals surface area contributed by atoms with Crippen molar-refractivity contribution in [3.8, 4) is 0 Å². The number of hydrogen-bond donors (Lipinski definition) is 1. The van der Waals surface area contributed by atoms with Crippen molar-refractivity contribution in [3.05, 3.63) is 29.3 Å². The van der Waals surface area contributed by atoms with E-state index in [0.29, 0.717) is 12.2 Å². The fourth-order valence-electron chi connectivity index (χ4n) is 3.42. The number of para-hydroxylation sites is 1. The summed E-state index contributed by atoms with van der Waals surface area (Å²) in [6.07, 6.45) is 2.26. The molecule has 2 aliphatic rings. The molecule has 2 saturated heterocycles. The molecule has 2 heterocycles. The van der Waals surface area contributed by atoms with Gasteiger partial charge in [-0.15, -0.1) is 11.8 Å². The molecule has 1 aromatic rings. The van der Waals surface area contributed by atoms with Gasteiger partial charge < -0.3 is 10.2 Å². The second-order valence-electron chi connectivity index (χ2n) is 6.22. The number of aryl methyl sites for hydroxylation is 2. The predicted octanol–water partition coefficient (Wildman–Crippen LogP) is 2.95. The summed E-state index contributed by atoms with van der Waals surface area (Å²) in [5.41, 5.74) is 3.10. The first-order valence-corrected chi connectivity index (χ1v) is 8.80. The minimum Gasteiger partial charge on any atom is -0.324 e. The Hall–Kier alpha value is -1.49. The Morgan fingerprint density at radius 2 is 2.27 bits per heavy atom. The molecule has 2 fully saturated rings. The molecule has 5 heteroatoms. The zero-order chi connectivity index (χ0) is 15.9. The third kappa shape index (κ3) is 2.41. The van der Waals surface area contributed by atoms with E-state index in [1.165, 1.54) is 0 Å². The lowest BCUT2D eigenvalue weighted by molar-refractivity contribution is -0.135. The van der Waals surface area contributed by atoms with Crippen LogP contribution in [0.3, 0.4) is 0 Å². The normalized spacial score (nSPS) is 27.1.